The van der Waals surface area contributed by atoms with Gasteiger partial charge in [0.25, 0.3) is 0 Å². The second kappa shape index (κ2) is 5.28. The fraction of sp³-hybridized carbons (Fsp3) is 0.500. The van der Waals surface area contributed by atoms with Crippen molar-refractivity contribution in [3.63, 3.8) is 0 Å². The molecule has 0 unspecified atom stereocenters. The summed E-state index contributed by atoms with van der Waals surface area (Å²) in [5.41, 5.74) is 9.30. The van der Waals surface area contributed by atoms with E-state index in [1.165, 1.54) is 14.6 Å². The van der Waals surface area contributed by atoms with Gasteiger partial charge >= 0.3 is 0 Å². The van der Waals surface area contributed by atoms with Gasteiger partial charge in [0.05, 0.1) is 9.26 Å². The van der Waals surface area contributed by atoms with Gasteiger partial charge in [-0.3, -0.25) is 0 Å². The fourth-order valence-electron chi connectivity index (χ4n) is 2.80. The Bertz CT molecular complexity index is 584. The second-order valence-electron chi connectivity index (χ2n) is 5.45. The Morgan fingerprint density at radius 3 is 2.84 bits per heavy atom. The SMILES string of the molecule is Cc1cc2c(N[C@H]3CC[C@H](N)CC3)c(I)cnc2[nH]1. The number of halogens is 1. The number of anilines is 1. The summed E-state index contributed by atoms with van der Waals surface area (Å²) in [6.45, 7) is 2.07. The first-order valence-corrected chi connectivity index (χ1v) is 7.87. The molecule has 5 heteroatoms. The topological polar surface area (TPSA) is 66.7 Å². The maximum atomic E-state index is 5.97. The van der Waals surface area contributed by atoms with E-state index in [0.29, 0.717) is 12.1 Å². The van der Waals surface area contributed by atoms with Gasteiger partial charge in [0.2, 0.25) is 0 Å². The molecule has 2 aromatic heterocycles. The highest BCUT2D eigenvalue weighted by atomic mass is 127. The summed E-state index contributed by atoms with van der Waals surface area (Å²) in [6, 6.07) is 3.10. The summed E-state index contributed by atoms with van der Waals surface area (Å²) < 4.78 is 1.18. The quantitative estimate of drug-likeness (QED) is 0.712. The molecule has 1 aliphatic rings. The minimum Gasteiger partial charge on any atom is -0.381 e. The molecule has 2 heterocycles. The summed E-state index contributed by atoms with van der Waals surface area (Å²) in [7, 11) is 0. The molecular formula is C14H19IN4. The molecule has 0 aromatic carbocycles. The van der Waals surface area contributed by atoms with Crippen molar-refractivity contribution >= 4 is 39.3 Å². The number of aromatic amines is 1. The largest absolute Gasteiger partial charge is 0.381 e. The second-order valence-corrected chi connectivity index (χ2v) is 6.61. The third-order valence-corrected chi connectivity index (χ3v) is 4.68. The molecule has 2 aromatic rings. The van der Waals surface area contributed by atoms with E-state index in [1.54, 1.807) is 0 Å². The molecule has 4 nitrogen and oxygen atoms in total. The van der Waals surface area contributed by atoms with Gasteiger partial charge in [-0.15, -0.1) is 0 Å². The molecule has 1 saturated carbocycles. The number of aryl methyl sites for hydroxylation is 1. The highest BCUT2D eigenvalue weighted by molar-refractivity contribution is 14.1. The minimum atomic E-state index is 0.393. The van der Waals surface area contributed by atoms with Crippen LogP contribution in [0.25, 0.3) is 11.0 Å². The lowest BCUT2D eigenvalue weighted by Gasteiger charge is -2.28. The van der Waals surface area contributed by atoms with Crippen LogP contribution in [-0.2, 0) is 0 Å². The van der Waals surface area contributed by atoms with Crippen molar-refractivity contribution in [2.75, 3.05) is 5.32 Å². The minimum absolute atomic E-state index is 0.393. The first kappa shape index (κ1) is 13.2. The van der Waals surface area contributed by atoms with Gasteiger partial charge in [-0.2, -0.15) is 0 Å². The molecule has 0 amide bonds. The van der Waals surface area contributed by atoms with Gasteiger partial charge in [0.1, 0.15) is 5.65 Å². The zero-order valence-electron chi connectivity index (χ0n) is 11.0. The molecule has 19 heavy (non-hydrogen) atoms. The van der Waals surface area contributed by atoms with Crippen LogP contribution < -0.4 is 11.1 Å². The highest BCUT2D eigenvalue weighted by Crippen LogP contribution is 2.30. The van der Waals surface area contributed by atoms with Crippen molar-refractivity contribution in [1.82, 2.24) is 9.97 Å². The number of nitrogens with one attached hydrogen (secondary N) is 2. The van der Waals surface area contributed by atoms with Crippen molar-refractivity contribution in [3.05, 3.63) is 21.5 Å². The van der Waals surface area contributed by atoms with Crippen molar-refractivity contribution in [2.45, 2.75) is 44.7 Å². The third kappa shape index (κ3) is 2.72. The standard InChI is InChI=1S/C14H19IN4/c1-8-6-11-13(12(15)7-17-14(11)18-8)19-10-4-2-9(16)3-5-10/h6-7,9-10H,2-5,16H2,1H3,(H2,17,18,19)/t9-,10-. The van der Waals surface area contributed by atoms with Gasteiger partial charge < -0.3 is 16.0 Å². The van der Waals surface area contributed by atoms with Crippen molar-refractivity contribution in [1.29, 1.82) is 0 Å². The molecule has 1 fully saturated rings. The number of aromatic nitrogens is 2. The Hall–Kier alpha value is -0.820. The summed E-state index contributed by atoms with van der Waals surface area (Å²) in [4.78, 5) is 7.74. The zero-order valence-corrected chi connectivity index (χ0v) is 13.2. The summed E-state index contributed by atoms with van der Waals surface area (Å²) >= 11 is 2.35. The van der Waals surface area contributed by atoms with Gasteiger partial charge in [-0.25, -0.2) is 4.98 Å². The molecule has 0 aliphatic heterocycles. The van der Waals surface area contributed by atoms with E-state index in [4.69, 9.17) is 5.73 Å². The van der Waals surface area contributed by atoms with Gasteiger partial charge in [0, 0.05) is 29.4 Å². The lowest BCUT2D eigenvalue weighted by atomic mass is 9.91. The zero-order chi connectivity index (χ0) is 13.4. The van der Waals surface area contributed by atoms with Crippen LogP contribution in [0.15, 0.2) is 12.3 Å². The number of hydrogen-bond donors (Lipinski definition) is 3. The van der Waals surface area contributed by atoms with Crippen molar-refractivity contribution in [2.24, 2.45) is 5.73 Å². The number of rotatable bonds is 2. The van der Waals surface area contributed by atoms with E-state index in [9.17, 15) is 0 Å². The number of pyridine rings is 1. The average molecular weight is 370 g/mol. The molecule has 1 aliphatic carbocycles. The molecule has 0 saturated heterocycles. The first-order valence-electron chi connectivity index (χ1n) is 6.79. The number of nitrogens with two attached hydrogens (primary N) is 1. The van der Waals surface area contributed by atoms with Crippen LogP contribution >= 0.6 is 22.6 Å². The molecule has 0 radical (unpaired) electrons. The lowest BCUT2D eigenvalue weighted by molar-refractivity contribution is 0.411. The average Bonchev–Trinajstić information content (AvgIpc) is 2.76. The van der Waals surface area contributed by atoms with Gasteiger partial charge in [0.15, 0.2) is 0 Å². The van der Waals surface area contributed by atoms with Crippen LogP contribution in [-0.4, -0.2) is 22.1 Å². The molecule has 0 spiro atoms. The maximum Gasteiger partial charge on any atom is 0.139 e. The maximum absolute atomic E-state index is 5.97. The van der Waals surface area contributed by atoms with Crippen LogP contribution in [0, 0.1) is 10.5 Å². The first-order chi connectivity index (χ1) is 9.13. The van der Waals surface area contributed by atoms with Crippen LogP contribution in [0.3, 0.4) is 0 Å². The van der Waals surface area contributed by atoms with E-state index in [2.05, 4.69) is 50.9 Å². The fourth-order valence-corrected chi connectivity index (χ4v) is 3.38. The van der Waals surface area contributed by atoms with Crippen LogP contribution in [0.2, 0.25) is 0 Å². The Morgan fingerprint density at radius 2 is 2.11 bits per heavy atom. The predicted molar refractivity (Wildman–Crippen MR) is 87.4 cm³/mol. The Balaban J connectivity index is 1.89. The van der Waals surface area contributed by atoms with E-state index in [-0.39, 0.29) is 0 Å². The smallest absolute Gasteiger partial charge is 0.139 e. The Morgan fingerprint density at radius 1 is 1.37 bits per heavy atom. The monoisotopic (exact) mass is 370 g/mol. The summed E-state index contributed by atoms with van der Waals surface area (Å²) in [5.74, 6) is 0. The number of fused-ring (bicyclic) bond motifs is 1. The van der Waals surface area contributed by atoms with Crippen molar-refractivity contribution < 1.29 is 0 Å². The number of nitrogens with zero attached hydrogens (tertiary/aromatic N) is 1. The molecule has 0 bridgehead atoms. The normalized spacial score (nSPS) is 23.7. The van der Waals surface area contributed by atoms with Gasteiger partial charge in [-0.05, 0) is 61.3 Å². The summed E-state index contributed by atoms with van der Waals surface area (Å²) in [5, 5.41) is 4.90. The van der Waals surface area contributed by atoms with E-state index >= 15 is 0 Å². The number of hydrogen-bond acceptors (Lipinski definition) is 3. The third-order valence-electron chi connectivity index (χ3n) is 3.87. The predicted octanol–water partition coefficient (Wildman–Crippen LogP) is 3.16. The Kier molecular flexibility index (Phi) is 3.66. The molecule has 3 rings (SSSR count). The molecular weight excluding hydrogens is 351 g/mol. The van der Waals surface area contributed by atoms with Crippen LogP contribution in [0.4, 0.5) is 5.69 Å². The lowest BCUT2D eigenvalue weighted by Crippen LogP contribution is -2.33. The van der Waals surface area contributed by atoms with E-state index < -0.39 is 0 Å². The highest BCUT2D eigenvalue weighted by Gasteiger charge is 2.20. The Labute approximate surface area is 126 Å². The van der Waals surface area contributed by atoms with Gasteiger partial charge in [-0.1, -0.05) is 0 Å². The number of H-pyrrole nitrogens is 1. The van der Waals surface area contributed by atoms with Crippen molar-refractivity contribution in [3.8, 4) is 0 Å². The molecule has 0 atom stereocenters. The van der Waals surface area contributed by atoms with E-state index in [1.807, 2.05) is 6.20 Å². The molecule has 102 valence electrons. The van der Waals surface area contributed by atoms with Crippen LogP contribution in [0.5, 0.6) is 0 Å². The summed E-state index contributed by atoms with van der Waals surface area (Å²) in [6.07, 6.45) is 6.48. The van der Waals surface area contributed by atoms with Crippen LogP contribution in [0.1, 0.15) is 31.4 Å². The van der Waals surface area contributed by atoms with E-state index in [0.717, 1.165) is 37.0 Å². The molecule has 4 N–H and O–H groups in total.